The molecule has 2 aliphatic heterocycles. The number of ether oxygens (including phenoxy) is 1. The Bertz CT molecular complexity index is 1110. The summed E-state index contributed by atoms with van der Waals surface area (Å²) in [6, 6.07) is 15.7. The van der Waals surface area contributed by atoms with Crippen LogP contribution in [0, 0.1) is 12.8 Å². The van der Waals surface area contributed by atoms with Crippen molar-refractivity contribution < 1.29 is 14.0 Å². The molecule has 1 unspecified atom stereocenters. The molecule has 2 atom stereocenters. The minimum Gasteiger partial charge on any atom is -0.493 e. The number of carbonyl (C=O) groups excluding carboxylic acids is 1. The van der Waals surface area contributed by atoms with Gasteiger partial charge in [0.2, 0.25) is 5.91 Å². The predicted octanol–water partition coefficient (Wildman–Crippen LogP) is 5.33. The lowest BCUT2D eigenvalue weighted by Crippen LogP contribution is -2.43. The van der Waals surface area contributed by atoms with Crippen LogP contribution in [0.3, 0.4) is 0 Å². The summed E-state index contributed by atoms with van der Waals surface area (Å²) in [5.74, 6) is 1.70. The van der Waals surface area contributed by atoms with Gasteiger partial charge in [-0.05, 0) is 60.8 Å². The van der Waals surface area contributed by atoms with Gasteiger partial charge in [-0.3, -0.25) is 14.4 Å². The summed E-state index contributed by atoms with van der Waals surface area (Å²) in [4.78, 5) is 18.4. The Balaban J connectivity index is 0.00000216. The first kappa shape index (κ1) is 32.0. The van der Waals surface area contributed by atoms with Crippen LogP contribution in [0.25, 0.3) is 0 Å². The summed E-state index contributed by atoms with van der Waals surface area (Å²) < 4.78 is 10.0. The van der Waals surface area contributed by atoms with Crippen molar-refractivity contribution in [3.05, 3.63) is 59.2 Å². The first-order chi connectivity index (χ1) is 19.3. The number of amides is 1. The van der Waals surface area contributed by atoms with E-state index in [1.54, 1.807) is 11.9 Å². The third kappa shape index (κ3) is 9.01. The van der Waals surface area contributed by atoms with E-state index in [0.29, 0.717) is 18.5 Å². The normalized spacial score (nSPS) is 18.5. The van der Waals surface area contributed by atoms with Gasteiger partial charge in [0.1, 0.15) is 12.3 Å². The molecule has 6 nitrogen and oxygen atoms in total. The highest BCUT2D eigenvalue weighted by atomic mass is 32.2. The molecule has 2 aromatic carbocycles. The van der Waals surface area contributed by atoms with E-state index in [0.717, 1.165) is 80.8 Å². The third-order valence-electron chi connectivity index (χ3n) is 7.69. The molecule has 7 heteroatoms. The molecule has 1 amide bonds. The van der Waals surface area contributed by atoms with Crippen LogP contribution in [0.1, 0.15) is 55.2 Å². The first-order valence-electron chi connectivity index (χ1n) is 14.6. The number of quaternary nitrogens is 1. The van der Waals surface area contributed by atoms with Gasteiger partial charge < -0.3 is 14.1 Å². The molecule has 1 fully saturated rings. The number of anilines is 1. The number of fused-ring (bicyclic) bond motifs is 1. The summed E-state index contributed by atoms with van der Waals surface area (Å²) >= 11 is 1.67. The smallest absolute Gasteiger partial charge is 0.241 e. The van der Waals surface area contributed by atoms with Crippen molar-refractivity contribution in [3.63, 3.8) is 0 Å². The van der Waals surface area contributed by atoms with E-state index < -0.39 is 0 Å². The molecule has 2 heterocycles. The molecule has 4 rings (SSSR count). The lowest BCUT2D eigenvalue weighted by Gasteiger charge is -2.29. The van der Waals surface area contributed by atoms with Gasteiger partial charge in [0.25, 0.3) is 0 Å². The van der Waals surface area contributed by atoms with Gasteiger partial charge in [-0.1, -0.05) is 49.6 Å². The van der Waals surface area contributed by atoms with E-state index in [-0.39, 0.29) is 5.91 Å². The van der Waals surface area contributed by atoms with Crippen LogP contribution >= 0.6 is 11.9 Å². The molecule has 1 N–H and O–H groups in total. The fourth-order valence-corrected chi connectivity index (χ4v) is 6.17. The number of likely N-dealkylation sites (tertiary alicyclic amines) is 1. The van der Waals surface area contributed by atoms with Gasteiger partial charge in [-0.2, -0.15) is 0 Å². The van der Waals surface area contributed by atoms with Crippen LogP contribution < -0.4 is 14.4 Å². The van der Waals surface area contributed by atoms with Crippen molar-refractivity contribution in [2.45, 2.75) is 57.5 Å². The Morgan fingerprint density at radius 2 is 2.00 bits per heavy atom. The van der Waals surface area contributed by atoms with Crippen molar-refractivity contribution >= 4 is 23.5 Å². The van der Waals surface area contributed by atoms with Gasteiger partial charge >= 0.3 is 0 Å². The van der Waals surface area contributed by atoms with Gasteiger partial charge in [-0.25, -0.2) is 0 Å². The van der Waals surface area contributed by atoms with Crippen molar-refractivity contribution in [1.82, 2.24) is 9.62 Å². The number of terminal acetylenes is 1. The van der Waals surface area contributed by atoms with Gasteiger partial charge in [0.05, 0.1) is 34.3 Å². The Labute approximate surface area is 247 Å². The van der Waals surface area contributed by atoms with Crippen LogP contribution in [0.5, 0.6) is 5.75 Å². The number of nitrogens with one attached hydrogen (secondary N) is 1. The van der Waals surface area contributed by atoms with Gasteiger partial charge in [-0.15, -0.1) is 12.8 Å². The average molecular weight is 566 g/mol. The Morgan fingerprint density at radius 1 is 1.20 bits per heavy atom. The molecule has 0 spiro atoms. The second-order valence-corrected chi connectivity index (χ2v) is 12.6. The minimum atomic E-state index is 0.215. The Kier molecular flexibility index (Phi) is 12.4. The SMILES string of the molecule is C#C.CCCCN(C(=O)CN1CC(c2ccc3c(c2)CCO3)C[C@@H]1CCNSC)c1cccc(C[N+](C)(C)C)c1. The van der Waals surface area contributed by atoms with Crippen LogP contribution in [-0.2, 0) is 17.8 Å². The maximum Gasteiger partial charge on any atom is 0.241 e. The Morgan fingerprint density at radius 3 is 2.73 bits per heavy atom. The third-order valence-corrected chi connectivity index (χ3v) is 8.18. The summed E-state index contributed by atoms with van der Waals surface area (Å²) in [6.45, 7) is 7.04. The zero-order valence-corrected chi connectivity index (χ0v) is 26.0. The van der Waals surface area contributed by atoms with E-state index >= 15 is 0 Å². The van der Waals surface area contributed by atoms with Crippen molar-refractivity contribution in [3.8, 4) is 18.6 Å². The summed E-state index contributed by atoms with van der Waals surface area (Å²) in [5.41, 5.74) is 5.02. The molecule has 2 aromatic rings. The lowest BCUT2D eigenvalue weighted by atomic mass is 9.93. The average Bonchev–Trinajstić information content (AvgIpc) is 3.56. The van der Waals surface area contributed by atoms with Crippen LogP contribution in [0.4, 0.5) is 5.69 Å². The molecular weight excluding hydrogens is 516 g/mol. The minimum absolute atomic E-state index is 0.215. The molecule has 40 heavy (non-hydrogen) atoms. The second kappa shape index (κ2) is 15.5. The van der Waals surface area contributed by atoms with Crippen molar-refractivity contribution in [1.29, 1.82) is 0 Å². The van der Waals surface area contributed by atoms with E-state index in [1.165, 1.54) is 16.7 Å². The Hall–Kier alpha value is -2.50. The molecular formula is C33H49N4O2S+. The zero-order chi connectivity index (χ0) is 29.1. The molecule has 0 aromatic heterocycles. The maximum absolute atomic E-state index is 13.9. The number of hydrogen-bond donors (Lipinski definition) is 1. The molecule has 218 valence electrons. The number of rotatable bonds is 13. The molecule has 0 bridgehead atoms. The quantitative estimate of drug-likeness (QED) is 0.154. The topological polar surface area (TPSA) is 44.8 Å². The second-order valence-electron chi connectivity index (χ2n) is 11.9. The molecule has 0 saturated carbocycles. The molecule has 1 saturated heterocycles. The first-order valence-corrected chi connectivity index (χ1v) is 15.8. The largest absolute Gasteiger partial charge is 0.493 e. The number of hydrogen-bond acceptors (Lipinski definition) is 5. The van der Waals surface area contributed by atoms with E-state index in [4.69, 9.17) is 4.74 Å². The molecule has 0 radical (unpaired) electrons. The number of nitrogens with zero attached hydrogens (tertiary/aromatic N) is 3. The number of benzene rings is 2. The van der Waals surface area contributed by atoms with Gasteiger partial charge in [0.15, 0.2) is 0 Å². The lowest BCUT2D eigenvalue weighted by molar-refractivity contribution is -0.884. The summed E-state index contributed by atoms with van der Waals surface area (Å²) in [5, 5.41) is 0. The fraction of sp³-hybridized carbons (Fsp3) is 0.545. The van der Waals surface area contributed by atoms with Crippen molar-refractivity contribution in [2.75, 3.05) is 65.1 Å². The molecule has 0 aliphatic carbocycles. The standard InChI is InChI=1S/C31H47N4O2S.C2H2/c1-6-7-16-34(29-10-8-9-24(18-29)23-35(2,3)4)31(36)22-33-21-27(20-28(33)13-15-32-38-5)25-11-12-30-26(19-25)14-17-37-30;1-2/h8-12,18-19,27-28,32H,6-7,13-17,20-23H2,1-5H3;1-2H/q+1;/t27?,28-;/m0./s1. The summed E-state index contributed by atoms with van der Waals surface area (Å²) in [6.07, 6.45) is 15.3. The number of unbranched alkanes of at least 4 members (excludes halogenated alkanes) is 1. The van der Waals surface area contributed by atoms with E-state index in [1.807, 2.05) is 4.90 Å². The monoisotopic (exact) mass is 565 g/mol. The fourth-order valence-electron chi connectivity index (χ4n) is 5.85. The van der Waals surface area contributed by atoms with Crippen LogP contribution in [-0.4, -0.2) is 81.5 Å². The zero-order valence-electron chi connectivity index (χ0n) is 25.2. The van der Waals surface area contributed by atoms with Crippen molar-refractivity contribution in [2.24, 2.45) is 0 Å². The van der Waals surface area contributed by atoms with Gasteiger partial charge in [0, 0.05) is 43.3 Å². The van der Waals surface area contributed by atoms with Crippen LogP contribution in [0.15, 0.2) is 42.5 Å². The van der Waals surface area contributed by atoms with Crippen LogP contribution in [0.2, 0.25) is 0 Å². The summed E-state index contributed by atoms with van der Waals surface area (Å²) in [7, 11) is 6.61. The maximum atomic E-state index is 13.9. The number of carbonyl (C=O) groups is 1. The predicted molar refractivity (Wildman–Crippen MR) is 170 cm³/mol. The van der Waals surface area contributed by atoms with E-state index in [2.05, 4.69) is 99.3 Å². The van der Waals surface area contributed by atoms with E-state index in [9.17, 15) is 4.79 Å². The molecule has 2 aliphatic rings. The highest BCUT2D eigenvalue weighted by Gasteiger charge is 2.35. The highest BCUT2D eigenvalue weighted by molar-refractivity contribution is 7.96. The highest BCUT2D eigenvalue weighted by Crippen LogP contribution is 2.36.